The highest BCUT2D eigenvalue weighted by molar-refractivity contribution is 5.88. The van der Waals surface area contributed by atoms with Gasteiger partial charge in [0, 0.05) is 12.4 Å². The number of anilines is 1. The number of nitrogens with one attached hydrogen (secondary N) is 1. The maximum atomic E-state index is 13.4. The lowest BCUT2D eigenvalue weighted by atomic mass is 10.0. The van der Waals surface area contributed by atoms with E-state index in [0.29, 0.717) is 11.5 Å². The van der Waals surface area contributed by atoms with Crippen LogP contribution in [0, 0.1) is 11.6 Å². The largest absolute Gasteiger partial charge is 0.462 e. The number of benzene rings is 1. The zero-order chi connectivity index (χ0) is 16.4. The summed E-state index contributed by atoms with van der Waals surface area (Å²) in [6, 6.07) is 3.84. The first-order valence-electron chi connectivity index (χ1n) is 7.27. The minimum Gasteiger partial charge on any atom is -0.462 e. The third-order valence-corrected chi connectivity index (χ3v) is 3.74. The van der Waals surface area contributed by atoms with Crippen molar-refractivity contribution in [1.29, 1.82) is 0 Å². The van der Waals surface area contributed by atoms with E-state index in [1.54, 1.807) is 13.0 Å². The van der Waals surface area contributed by atoms with Gasteiger partial charge in [-0.1, -0.05) is 6.07 Å². The molecule has 3 rings (SSSR count). The second-order valence-corrected chi connectivity index (χ2v) is 5.35. The van der Waals surface area contributed by atoms with E-state index in [4.69, 9.17) is 4.74 Å². The van der Waals surface area contributed by atoms with Crippen molar-refractivity contribution in [1.82, 2.24) is 9.97 Å². The first kappa shape index (κ1) is 15.3. The standard InChI is InChI=1S/C16H15F2N3O2/c1-2-23-14(22)10-8-19-15(20-9-10)21-16(5-6-16)11-3-4-12(17)13(18)7-11/h3-4,7-9H,2,5-6H2,1H3,(H,19,20,21). The molecule has 1 aliphatic carbocycles. The molecule has 0 spiro atoms. The second-order valence-electron chi connectivity index (χ2n) is 5.35. The fourth-order valence-corrected chi connectivity index (χ4v) is 2.33. The van der Waals surface area contributed by atoms with E-state index in [9.17, 15) is 13.6 Å². The van der Waals surface area contributed by atoms with Gasteiger partial charge in [-0.3, -0.25) is 0 Å². The predicted octanol–water partition coefficient (Wildman–Crippen LogP) is 3.03. The van der Waals surface area contributed by atoms with Crippen molar-refractivity contribution in [3.8, 4) is 0 Å². The van der Waals surface area contributed by atoms with Crippen LogP contribution in [0.5, 0.6) is 0 Å². The molecule has 0 amide bonds. The lowest BCUT2D eigenvalue weighted by Gasteiger charge is -2.18. The molecule has 1 aliphatic rings. The molecule has 2 aromatic rings. The number of carbonyl (C=O) groups excluding carboxylic acids is 1. The molecule has 1 fully saturated rings. The Morgan fingerprint density at radius 1 is 1.26 bits per heavy atom. The monoisotopic (exact) mass is 319 g/mol. The van der Waals surface area contributed by atoms with Gasteiger partial charge in [0.1, 0.15) is 0 Å². The first-order valence-corrected chi connectivity index (χ1v) is 7.27. The quantitative estimate of drug-likeness (QED) is 0.858. The number of halogens is 2. The molecule has 7 heteroatoms. The third kappa shape index (κ3) is 3.13. The molecule has 1 aromatic carbocycles. The Hall–Kier alpha value is -2.57. The van der Waals surface area contributed by atoms with E-state index in [-0.39, 0.29) is 12.2 Å². The maximum absolute atomic E-state index is 13.4. The lowest BCUT2D eigenvalue weighted by molar-refractivity contribution is 0.0525. The number of hydrogen-bond acceptors (Lipinski definition) is 5. The van der Waals surface area contributed by atoms with Gasteiger partial charge < -0.3 is 10.1 Å². The topological polar surface area (TPSA) is 64.1 Å². The SMILES string of the molecule is CCOC(=O)c1cnc(NC2(c3ccc(F)c(F)c3)CC2)nc1. The molecule has 1 aromatic heterocycles. The van der Waals surface area contributed by atoms with Gasteiger partial charge in [0.15, 0.2) is 11.6 Å². The Labute approximate surface area is 131 Å². The molecule has 1 N–H and O–H groups in total. The fourth-order valence-electron chi connectivity index (χ4n) is 2.33. The van der Waals surface area contributed by atoms with E-state index in [2.05, 4.69) is 15.3 Å². The zero-order valence-corrected chi connectivity index (χ0v) is 12.5. The second kappa shape index (κ2) is 5.91. The summed E-state index contributed by atoms with van der Waals surface area (Å²) >= 11 is 0. The van der Waals surface area contributed by atoms with E-state index >= 15 is 0 Å². The zero-order valence-electron chi connectivity index (χ0n) is 12.5. The van der Waals surface area contributed by atoms with Gasteiger partial charge in [0.25, 0.3) is 0 Å². The van der Waals surface area contributed by atoms with E-state index < -0.39 is 23.1 Å². The van der Waals surface area contributed by atoms with Crippen LogP contribution in [-0.4, -0.2) is 22.5 Å². The summed E-state index contributed by atoms with van der Waals surface area (Å²) in [4.78, 5) is 19.7. The van der Waals surface area contributed by atoms with Gasteiger partial charge in [0.2, 0.25) is 5.95 Å². The van der Waals surface area contributed by atoms with Gasteiger partial charge in [-0.25, -0.2) is 23.5 Å². The van der Waals surface area contributed by atoms with Crippen molar-refractivity contribution < 1.29 is 18.3 Å². The maximum Gasteiger partial charge on any atom is 0.341 e. The first-order chi connectivity index (χ1) is 11.0. The molecule has 1 heterocycles. The highest BCUT2D eigenvalue weighted by Gasteiger charge is 2.45. The Morgan fingerprint density at radius 2 is 1.96 bits per heavy atom. The molecular formula is C16H15F2N3O2. The number of aromatic nitrogens is 2. The van der Waals surface area contributed by atoms with Crippen molar-refractivity contribution >= 4 is 11.9 Å². The lowest BCUT2D eigenvalue weighted by Crippen LogP contribution is -2.21. The molecule has 0 aliphatic heterocycles. The van der Waals surface area contributed by atoms with Crippen LogP contribution in [0.25, 0.3) is 0 Å². The van der Waals surface area contributed by atoms with E-state index in [0.717, 1.165) is 18.9 Å². The van der Waals surface area contributed by atoms with Crippen LogP contribution in [-0.2, 0) is 10.3 Å². The van der Waals surface area contributed by atoms with Gasteiger partial charge >= 0.3 is 5.97 Å². The summed E-state index contributed by atoms with van der Waals surface area (Å²) in [5.41, 5.74) is 0.421. The summed E-state index contributed by atoms with van der Waals surface area (Å²) in [6.07, 6.45) is 4.27. The van der Waals surface area contributed by atoms with Crippen LogP contribution < -0.4 is 5.32 Å². The number of esters is 1. The molecule has 0 atom stereocenters. The van der Waals surface area contributed by atoms with Crippen molar-refractivity contribution in [2.24, 2.45) is 0 Å². The predicted molar refractivity (Wildman–Crippen MR) is 78.9 cm³/mol. The Bertz CT molecular complexity index is 731. The molecule has 0 saturated heterocycles. The number of nitrogens with zero attached hydrogens (tertiary/aromatic N) is 2. The van der Waals surface area contributed by atoms with Crippen molar-refractivity contribution in [2.45, 2.75) is 25.3 Å². The van der Waals surface area contributed by atoms with Crippen LogP contribution in [0.4, 0.5) is 14.7 Å². The van der Waals surface area contributed by atoms with Crippen molar-refractivity contribution in [3.63, 3.8) is 0 Å². The minimum absolute atomic E-state index is 0.259. The van der Waals surface area contributed by atoms with Gasteiger partial charge in [0.05, 0.1) is 17.7 Å². The molecule has 120 valence electrons. The Balaban J connectivity index is 1.76. The van der Waals surface area contributed by atoms with Crippen LogP contribution in [0.1, 0.15) is 35.7 Å². The molecule has 5 nitrogen and oxygen atoms in total. The van der Waals surface area contributed by atoms with Crippen molar-refractivity contribution in [2.75, 3.05) is 11.9 Å². The molecular weight excluding hydrogens is 304 g/mol. The smallest absolute Gasteiger partial charge is 0.341 e. The fraction of sp³-hybridized carbons (Fsp3) is 0.312. The third-order valence-electron chi connectivity index (χ3n) is 3.74. The van der Waals surface area contributed by atoms with Gasteiger partial charge in [-0.15, -0.1) is 0 Å². The number of ether oxygens (including phenoxy) is 1. The Kier molecular flexibility index (Phi) is 3.94. The summed E-state index contributed by atoms with van der Waals surface area (Å²) < 4.78 is 31.3. The molecule has 0 radical (unpaired) electrons. The molecule has 0 unspecified atom stereocenters. The molecule has 1 saturated carbocycles. The van der Waals surface area contributed by atoms with Gasteiger partial charge in [-0.05, 0) is 37.5 Å². The van der Waals surface area contributed by atoms with Crippen molar-refractivity contribution in [3.05, 3.63) is 53.4 Å². The van der Waals surface area contributed by atoms with E-state index in [1.165, 1.54) is 18.5 Å². The Morgan fingerprint density at radius 3 is 2.52 bits per heavy atom. The number of hydrogen-bond donors (Lipinski definition) is 1. The number of carbonyl (C=O) groups is 1. The summed E-state index contributed by atoms with van der Waals surface area (Å²) in [6.45, 7) is 1.99. The van der Waals surface area contributed by atoms with Gasteiger partial charge in [-0.2, -0.15) is 0 Å². The van der Waals surface area contributed by atoms with Crippen LogP contribution in [0.15, 0.2) is 30.6 Å². The van der Waals surface area contributed by atoms with Crippen LogP contribution >= 0.6 is 0 Å². The highest BCUT2D eigenvalue weighted by Crippen LogP contribution is 2.47. The summed E-state index contributed by atoms with van der Waals surface area (Å²) in [7, 11) is 0. The summed E-state index contributed by atoms with van der Waals surface area (Å²) in [5, 5.41) is 3.13. The molecule has 23 heavy (non-hydrogen) atoms. The minimum atomic E-state index is -0.880. The van der Waals surface area contributed by atoms with E-state index in [1.807, 2.05) is 0 Å². The highest BCUT2D eigenvalue weighted by atomic mass is 19.2. The summed E-state index contributed by atoms with van der Waals surface area (Å²) in [5.74, 6) is -1.92. The van der Waals surface area contributed by atoms with Crippen LogP contribution in [0.3, 0.4) is 0 Å². The average Bonchev–Trinajstić information content (AvgIpc) is 3.31. The average molecular weight is 319 g/mol. The van der Waals surface area contributed by atoms with Crippen LogP contribution in [0.2, 0.25) is 0 Å². The normalized spacial score (nSPS) is 15.1. The molecule has 0 bridgehead atoms. The number of rotatable bonds is 5.